The van der Waals surface area contributed by atoms with E-state index < -0.39 is 18.0 Å². The molecule has 1 unspecified atom stereocenters. The summed E-state index contributed by atoms with van der Waals surface area (Å²) in [6, 6.07) is 10.7. The third-order valence-corrected chi connectivity index (χ3v) is 5.06. The van der Waals surface area contributed by atoms with Crippen LogP contribution in [-0.4, -0.2) is 38.6 Å². The molecule has 2 aromatic rings. The van der Waals surface area contributed by atoms with Gasteiger partial charge in [0.1, 0.15) is 18.1 Å². The number of hydrogen-bond donors (Lipinski definition) is 2. The van der Waals surface area contributed by atoms with Crippen LogP contribution >= 0.6 is 15.9 Å². The summed E-state index contributed by atoms with van der Waals surface area (Å²) >= 11 is 3.30. The van der Waals surface area contributed by atoms with Crippen LogP contribution in [0, 0.1) is 0 Å². The fraction of sp³-hybridized carbons (Fsp3) is 0.227. The van der Waals surface area contributed by atoms with E-state index in [1.807, 2.05) is 0 Å². The fourth-order valence-corrected chi connectivity index (χ4v) is 3.50. The summed E-state index contributed by atoms with van der Waals surface area (Å²) in [5.41, 5.74) is 1.48. The molecule has 2 aromatic carbocycles. The van der Waals surface area contributed by atoms with Crippen molar-refractivity contribution in [3.8, 4) is 11.5 Å². The van der Waals surface area contributed by atoms with Gasteiger partial charge in [-0.25, -0.2) is 9.59 Å². The number of amides is 2. The van der Waals surface area contributed by atoms with Crippen LogP contribution in [0.1, 0.15) is 28.9 Å². The minimum Gasteiger partial charge on any atom is -0.497 e. The lowest BCUT2D eigenvalue weighted by molar-refractivity contribution is -0.139. The van der Waals surface area contributed by atoms with Gasteiger partial charge in [-0.05, 0) is 42.8 Å². The monoisotopic (exact) mass is 488 g/mol. The van der Waals surface area contributed by atoms with Crippen molar-refractivity contribution in [1.29, 1.82) is 0 Å². The van der Waals surface area contributed by atoms with Crippen LogP contribution in [0.25, 0.3) is 0 Å². The summed E-state index contributed by atoms with van der Waals surface area (Å²) in [4.78, 5) is 36.5. The van der Waals surface area contributed by atoms with E-state index in [0.717, 1.165) is 4.47 Å². The number of carbonyl (C=O) groups excluding carboxylic acids is 3. The minimum atomic E-state index is -0.743. The van der Waals surface area contributed by atoms with Gasteiger partial charge in [-0.2, -0.15) is 0 Å². The van der Waals surface area contributed by atoms with Crippen molar-refractivity contribution >= 4 is 34.2 Å². The molecule has 0 saturated carbocycles. The average molecular weight is 489 g/mol. The molecule has 0 fully saturated rings. The number of methoxy groups -OCH3 is 1. The van der Waals surface area contributed by atoms with Crippen molar-refractivity contribution in [2.75, 3.05) is 20.3 Å². The number of aldehydes is 1. The number of benzene rings is 2. The fourth-order valence-electron chi connectivity index (χ4n) is 3.12. The number of ether oxygens (including phenoxy) is 3. The first-order valence-electron chi connectivity index (χ1n) is 9.46. The van der Waals surface area contributed by atoms with Gasteiger partial charge in [-0.1, -0.05) is 28.1 Å². The van der Waals surface area contributed by atoms with Gasteiger partial charge in [-0.3, -0.25) is 4.79 Å². The highest BCUT2D eigenvalue weighted by atomic mass is 79.9. The van der Waals surface area contributed by atoms with Crippen molar-refractivity contribution in [3.63, 3.8) is 0 Å². The topological polar surface area (TPSA) is 103 Å². The van der Waals surface area contributed by atoms with E-state index in [1.165, 1.54) is 0 Å². The number of halogens is 1. The summed E-state index contributed by atoms with van der Waals surface area (Å²) in [5.74, 6) is 0.384. The van der Waals surface area contributed by atoms with E-state index in [-0.39, 0.29) is 24.5 Å². The number of hydrogen-bond acceptors (Lipinski definition) is 6. The number of carbonyl (C=O) groups is 3. The van der Waals surface area contributed by atoms with Crippen LogP contribution in [0.5, 0.6) is 11.5 Å². The molecule has 0 radical (unpaired) electrons. The summed E-state index contributed by atoms with van der Waals surface area (Å²) < 4.78 is 16.9. The van der Waals surface area contributed by atoms with Crippen LogP contribution in [-0.2, 0) is 9.53 Å². The normalized spacial score (nSPS) is 15.6. The highest BCUT2D eigenvalue weighted by molar-refractivity contribution is 9.10. The number of rotatable bonds is 8. The first-order chi connectivity index (χ1) is 15.0. The maximum absolute atomic E-state index is 12.8. The zero-order valence-electron chi connectivity index (χ0n) is 16.9. The van der Waals surface area contributed by atoms with Crippen molar-refractivity contribution in [1.82, 2.24) is 10.6 Å². The maximum Gasteiger partial charge on any atom is 0.338 e. The molecule has 1 heterocycles. The molecule has 0 aromatic heterocycles. The zero-order valence-corrected chi connectivity index (χ0v) is 18.5. The van der Waals surface area contributed by atoms with Crippen LogP contribution in [0.4, 0.5) is 4.79 Å². The molecule has 0 spiro atoms. The zero-order chi connectivity index (χ0) is 22.4. The summed E-state index contributed by atoms with van der Waals surface area (Å²) in [6.07, 6.45) is 0.669. The largest absolute Gasteiger partial charge is 0.497 e. The van der Waals surface area contributed by atoms with Gasteiger partial charge >= 0.3 is 12.0 Å². The summed E-state index contributed by atoms with van der Waals surface area (Å²) in [7, 11) is 1.55. The molecule has 0 bridgehead atoms. The summed E-state index contributed by atoms with van der Waals surface area (Å²) in [6.45, 7) is 1.72. The number of nitrogens with one attached hydrogen (secondary N) is 2. The Balaban J connectivity index is 1.98. The third kappa shape index (κ3) is 5.24. The summed E-state index contributed by atoms with van der Waals surface area (Å²) in [5, 5.41) is 5.38. The van der Waals surface area contributed by atoms with Crippen molar-refractivity contribution in [2.24, 2.45) is 0 Å². The smallest absolute Gasteiger partial charge is 0.338 e. The molecule has 31 heavy (non-hydrogen) atoms. The Bertz CT molecular complexity index is 1020. The van der Waals surface area contributed by atoms with Gasteiger partial charge in [-0.15, -0.1) is 0 Å². The molecule has 2 N–H and O–H groups in total. The van der Waals surface area contributed by atoms with E-state index in [2.05, 4.69) is 26.6 Å². The molecule has 3 rings (SSSR count). The van der Waals surface area contributed by atoms with E-state index in [0.29, 0.717) is 28.9 Å². The number of urea groups is 1. The lowest BCUT2D eigenvalue weighted by Crippen LogP contribution is -2.47. The Kier molecular flexibility index (Phi) is 7.30. The molecule has 8 nitrogen and oxygen atoms in total. The van der Waals surface area contributed by atoms with Crippen LogP contribution in [0.3, 0.4) is 0 Å². The Morgan fingerprint density at radius 1 is 1.19 bits per heavy atom. The second kappa shape index (κ2) is 10.1. The highest BCUT2D eigenvalue weighted by Crippen LogP contribution is 2.30. The van der Waals surface area contributed by atoms with Crippen LogP contribution in [0.15, 0.2) is 58.2 Å². The quantitative estimate of drug-likeness (QED) is 0.435. The van der Waals surface area contributed by atoms with Gasteiger partial charge < -0.3 is 24.8 Å². The van der Waals surface area contributed by atoms with Crippen LogP contribution < -0.4 is 20.1 Å². The second-order valence-electron chi connectivity index (χ2n) is 6.51. The Morgan fingerprint density at radius 2 is 1.94 bits per heavy atom. The van der Waals surface area contributed by atoms with Crippen molar-refractivity contribution in [2.45, 2.75) is 13.0 Å². The molecule has 0 aliphatic carbocycles. The molecule has 1 aliphatic heterocycles. The van der Waals surface area contributed by atoms with E-state index in [9.17, 15) is 14.4 Å². The van der Waals surface area contributed by atoms with Gasteiger partial charge in [0.15, 0.2) is 6.29 Å². The molecular weight excluding hydrogens is 468 g/mol. The van der Waals surface area contributed by atoms with Crippen molar-refractivity contribution < 1.29 is 28.6 Å². The Labute approximate surface area is 187 Å². The first-order valence-corrected chi connectivity index (χ1v) is 10.2. The molecule has 162 valence electrons. The predicted octanol–water partition coefficient (Wildman–Crippen LogP) is 3.52. The van der Waals surface area contributed by atoms with Gasteiger partial charge in [0.05, 0.1) is 36.6 Å². The third-order valence-electron chi connectivity index (χ3n) is 4.57. The maximum atomic E-state index is 12.8. The Morgan fingerprint density at radius 3 is 2.58 bits per heavy atom. The standard InChI is InChI=1S/C22H21BrN2O6/c1-3-30-21(27)19-17(12-31-18-9-6-15(23)10-14(18)11-26)24-22(28)25-20(19)13-4-7-16(29-2)8-5-13/h4-11,20H,3,12H2,1-2H3,(H2,24,25,28). The van der Waals surface area contributed by atoms with Crippen LogP contribution in [0.2, 0.25) is 0 Å². The SMILES string of the molecule is CCOC(=O)C1=C(COc2ccc(Br)cc2C=O)NC(=O)NC1c1ccc(OC)cc1. The molecule has 1 atom stereocenters. The lowest BCUT2D eigenvalue weighted by atomic mass is 9.95. The van der Waals surface area contributed by atoms with E-state index in [4.69, 9.17) is 14.2 Å². The number of esters is 1. The Hall–Kier alpha value is -3.33. The average Bonchev–Trinajstić information content (AvgIpc) is 2.77. The molecule has 2 amide bonds. The van der Waals surface area contributed by atoms with Crippen molar-refractivity contribution in [3.05, 3.63) is 69.3 Å². The lowest BCUT2D eigenvalue weighted by Gasteiger charge is -2.29. The molecule has 1 aliphatic rings. The predicted molar refractivity (Wildman–Crippen MR) is 116 cm³/mol. The van der Waals surface area contributed by atoms with Gasteiger partial charge in [0.2, 0.25) is 0 Å². The molecular formula is C22H21BrN2O6. The van der Waals surface area contributed by atoms with Gasteiger partial charge in [0, 0.05) is 4.47 Å². The highest BCUT2D eigenvalue weighted by Gasteiger charge is 2.34. The first kappa shape index (κ1) is 22.4. The van der Waals surface area contributed by atoms with E-state index in [1.54, 1.807) is 56.5 Å². The van der Waals surface area contributed by atoms with E-state index >= 15 is 0 Å². The van der Waals surface area contributed by atoms with Gasteiger partial charge in [0.25, 0.3) is 0 Å². The molecule has 0 saturated heterocycles. The second-order valence-corrected chi connectivity index (χ2v) is 7.42. The molecule has 9 heteroatoms. The minimum absolute atomic E-state index is 0.142.